The van der Waals surface area contributed by atoms with Gasteiger partial charge in [0.15, 0.2) is 0 Å². The first-order chi connectivity index (χ1) is 19.3. The van der Waals surface area contributed by atoms with Gasteiger partial charge in [0.25, 0.3) is 10.0 Å². The molecule has 0 aliphatic carbocycles. The van der Waals surface area contributed by atoms with E-state index in [2.05, 4.69) is 5.32 Å². The first kappa shape index (κ1) is 32.4. The fourth-order valence-electron chi connectivity index (χ4n) is 4.24. The van der Waals surface area contributed by atoms with Crippen LogP contribution in [0.5, 0.6) is 0 Å². The van der Waals surface area contributed by atoms with Crippen molar-refractivity contribution in [2.24, 2.45) is 5.92 Å². The number of carbonyl (C=O) groups excluding carboxylic acids is 2. The summed E-state index contributed by atoms with van der Waals surface area (Å²) in [5, 5.41) is 3.33. The van der Waals surface area contributed by atoms with Crippen LogP contribution in [0.4, 0.5) is 5.69 Å². The number of benzene rings is 3. The zero-order valence-electron chi connectivity index (χ0n) is 24.0. The smallest absolute Gasteiger partial charge is 0.264 e. The lowest BCUT2D eigenvalue weighted by molar-refractivity contribution is -0.140. The Balaban J connectivity index is 2.06. The zero-order chi connectivity index (χ0) is 30.3. The lowest BCUT2D eigenvalue weighted by Crippen LogP contribution is -2.52. The number of anilines is 1. The number of amides is 2. The molecular weight excluding hydrogens is 581 g/mol. The molecule has 7 nitrogen and oxygen atoms in total. The van der Waals surface area contributed by atoms with Crippen LogP contribution in [0.25, 0.3) is 0 Å². The highest BCUT2D eigenvalue weighted by Gasteiger charge is 2.34. The summed E-state index contributed by atoms with van der Waals surface area (Å²) < 4.78 is 28.9. The lowest BCUT2D eigenvalue weighted by atomic mass is 10.1. The van der Waals surface area contributed by atoms with Crippen LogP contribution in [0.15, 0.2) is 71.6 Å². The number of nitrogens with one attached hydrogen (secondary N) is 1. The van der Waals surface area contributed by atoms with Gasteiger partial charge in [0.05, 0.1) is 20.6 Å². The highest BCUT2D eigenvalue weighted by atomic mass is 35.5. The van der Waals surface area contributed by atoms with Crippen molar-refractivity contribution in [1.82, 2.24) is 10.2 Å². The van der Waals surface area contributed by atoms with E-state index in [0.29, 0.717) is 13.0 Å². The van der Waals surface area contributed by atoms with Gasteiger partial charge >= 0.3 is 0 Å². The Hall–Kier alpha value is -3.07. The molecule has 2 amide bonds. The third-order valence-electron chi connectivity index (χ3n) is 6.62. The summed E-state index contributed by atoms with van der Waals surface area (Å²) >= 11 is 12.4. The molecule has 0 bridgehead atoms. The SMILES string of the molecule is CC[C@H](C(=O)NCC(C)C)N(Cc1ccc(C)cc1)C(=O)CN(c1ccc(Cl)c(Cl)c1)S(=O)(=O)c1ccc(C)cc1. The van der Waals surface area contributed by atoms with Crippen molar-refractivity contribution in [3.05, 3.63) is 93.5 Å². The van der Waals surface area contributed by atoms with Gasteiger partial charge in [-0.05, 0) is 62.1 Å². The number of hydrogen-bond donors (Lipinski definition) is 1. The first-order valence-corrected chi connectivity index (χ1v) is 15.7. The Kier molecular flexibility index (Phi) is 11.2. The molecule has 0 unspecified atom stereocenters. The summed E-state index contributed by atoms with van der Waals surface area (Å²) in [5.41, 5.74) is 2.95. The number of hydrogen-bond acceptors (Lipinski definition) is 4. The maximum Gasteiger partial charge on any atom is 0.264 e. The monoisotopic (exact) mass is 617 g/mol. The second-order valence-corrected chi connectivity index (χ2v) is 13.2. The lowest BCUT2D eigenvalue weighted by Gasteiger charge is -2.33. The number of halogens is 2. The summed E-state index contributed by atoms with van der Waals surface area (Å²) in [7, 11) is -4.20. The van der Waals surface area contributed by atoms with Crippen molar-refractivity contribution >= 4 is 50.7 Å². The quantitative estimate of drug-likeness (QED) is 0.255. The van der Waals surface area contributed by atoms with Crippen LogP contribution in [-0.2, 0) is 26.2 Å². The minimum Gasteiger partial charge on any atom is -0.354 e. The van der Waals surface area contributed by atoms with E-state index in [1.165, 1.54) is 35.2 Å². The van der Waals surface area contributed by atoms with E-state index < -0.39 is 28.5 Å². The molecule has 10 heteroatoms. The number of nitrogens with zero attached hydrogens (tertiary/aromatic N) is 2. The maximum atomic E-state index is 14.1. The van der Waals surface area contributed by atoms with Gasteiger partial charge in [-0.2, -0.15) is 0 Å². The van der Waals surface area contributed by atoms with E-state index in [1.807, 2.05) is 58.9 Å². The average molecular weight is 619 g/mol. The van der Waals surface area contributed by atoms with E-state index >= 15 is 0 Å². The summed E-state index contributed by atoms with van der Waals surface area (Å²) in [6, 6.07) is 17.6. The van der Waals surface area contributed by atoms with Gasteiger partial charge in [0.1, 0.15) is 12.6 Å². The van der Waals surface area contributed by atoms with Crippen molar-refractivity contribution < 1.29 is 18.0 Å². The Morgan fingerprint density at radius 2 is 1.46 bits per heavy atom. The van der Waals surface area contributed by atoms with E-state index in [1.54, 1.807) is 12.1 Å². The molecule has 0 aliphatic heterocycles. The summed E-state index contributed by atoms with van der Waals surface area (Å²) in [5.74, 6) is -0.592. The molecule has 0 saturated heterocycles. The summed E-state index contributed by atoms with van der Waals surface area (Å²) in [4.78, 5) is 28.9. The average Bonchev–Trinajstić information content (AvgIpc) is 2.93. The number of aryl methyl sites for hydroxylation is 2. The topological polar surface area (TPSA) is 86.8 Å². The van der Waals surface area contributed by atoms with E-state index in [4.69, 9.17) is 23.2 Å². The largest absolute Gasteiger partial charge is 0.354 e. The molecule has 1 N–H and O–H groups in total. The van der Waals surface area contributed by atoms with Gasteiger partial charge in [-0.3, -0.25) is 13.9 Å². The number of rotatable bonds is 12. The molecule has 3 aromatic rings. The van der Waals surface area contributed by atoms with Gasteiger partial charge in [-0.1, -0.05) is 91.5 Å². The molecule has 0 spiro atoms. The highest BCUT2D eigenvalue weighted by Crippen LogP contribution is 2.31. The normalized spacial score (nSPS) is 12.2. The van der Waals surface area contributed by atoms with Crippen LogP contribution in [0, 0.1) is 19.8 Å². The molecular formula is C31H37Cl2N3O4S. The predicted octanol–water partition coefficient (Wildman–Crippen LogP) is 6.39. The first-order valence-electron chi connectivity index (χ1n) is 13.5. The molecule has 3 rings (SSSR count). The molecule has 0 aliphatic rings. The van der Waals surface area contributed by atoms with Gasteiger partial charge < -0.3 is 10.2 Å². The molecule has 3 aromatic carbocycles. The Morgan fingerprint density at radius 1 is 0.878 bits per heavy atom. The molecule has 0 fully saturated rings. The molecule has 0 radical (unpaired) electrons. The number of sulfonamides is 1. The van der Waals surface area contributed by atoms with Gasteiger partial charge in [0.2, 0.25) is 11.8 Å². The fraction of sp³-hybridized carbons (Fsp3) is 0.355. The van der Waals surface area contributed by atoms with Crippen LogP contribution >= 0.6 is 23.2 Å². The van der Waals surface area contributed by atoms with Gasteiger partial charge in [-0.25, -0.2) is 8.42 Å². The second kappa shape index (κ2) is 14.2. The zero-order valence-corrected chi connectivity index (χ0v) is 26.4. The van der Waals surface area contributed by atoms with E-state index in [9.17, 15) is 18.0 Å². The molecule has 1 atom stereocenters. The second-order valence-electron chi connectivity index (χ2n) is 10.5. The van der Waals surface area contributed by atoms with Crippen molar-refractivity contribution in [3.63, 3.8) is 0 Å². The Morgan fingerprint density at radius 3 is 2.00 bits per heavy atom. The van der Waals surface area contributed by atoms with Crippen molar-refractivity contribution in [2.45, 2.75) is 58.5 Å². The highest BCUT2D eigenvalue weighted by molar-refractivity contribution is 7.92. The van der Waals surface area contributed by atoms with E-state index in [-0.39, 0.29) is 39.0 Å². The van der Waals surface area contributed by atoms with Crippen LogP contribution in [-0.4, -0.2) is 44.3 Å². The Bertz CT molecular complexity index is 1460. The van der Waals surface area contributed by atoms with Crippen molar-refractivity contribution in [2.75, 3.05) is 17.4 Å². The standard InChI is InChI=1S/C31H37Cl2N3O4S/c1-6-29(31(38)34-18-21(2)3)35(19-24-11-7-22(4)8-12-24)30(37)20-36(25-13-16-27(32)28(33)17-25)41(39,40)26-14-9-23(5)10-15-26/h7-17,21,29H,6,18-20H2,1-5H3,(H,34,38)/t29-/m1/s1. The predicted molar refractivity (Wildman–Crippen MR) is 166 cm³/mol. The van der Waals surface area contributed by atoms with Crippen LogP contribution in [0.1, 0.15) is 43.9 Å². The minimum absolute atomic E-state index is 0.0220. The Labute approximate surface area is 253 Å². The molecule has 0 heterocycles. The number of carbonyl (C=O) groups is 2. The van der Waals surface area contributed by atoms with E-state index in [0.717, 1.165) is 21.0 Å². The molecule has 0 aromatic heterocycles. The summed E-state index contributed by atoms with van der Waals surface area (Å²) in [6.07, 6.45) is 0.346. The molecule has 41 heavy (non-hydrogen) atoms. The third kappa shape index (κ3) is 8.47. The van der Waals surface area contributed by atoms with Crippen LogP contribution in [0.2, 0.25) is 10.0 Å². The van der Waals surface area contributed by atoms with Crippen molar-refractivity contribution in [3.8, 4) is 0 Å². The third-order valence-corrected chi connectivity index (χ3v) is 9.15. The molecule has 220 valence electrons. The van der Waals surface area contributed by atoms with Gasteiger partial charge in [0, 0.05) is 13.1 Å². The van der Waals surface area contributed by atoms with Crippen LogP contribution in [0.3, 0.4) is 0 Å². The minimum atomic E-state index is -4.20. The van der Waals surface area contributed by atoms with Gasteiger partial charge in [-0.15, -0.1) is 0 Å². The molecule has 0 saturated carbocycles. The van der Waals surface area contributed by atoms with Crippen molar-refractivity contribution in [1.29, 1.82) is 0 Å². The fourth-order valence-corrected chi connectivity index (χ4v) is 5.94. The van der Waals surface area contributed by atoms with Crippen LogP contribution < -0.4 is 9.62 Å². The summed E-state index contributed by atoms with van der Waals surface area (Å²) in [6.45, 7) is 9.66. The maximum absolute atomic E-state index is 14.1.